The molecular formula is C10H17N3. The van der Waals surface area contributed by atoms with Crippen LogP contribution in [0.5, 0.6) is 0 Å². The molecule has 3 nitrogen and oxygen atoms in total. The number of nitrogens with zero attached hydrogens (tertiary/aromatic N) is 2. The fourth-order valence-corrected chi connectivity index (χ4v) is 1.91. The van der Waals surface area contributed by atoms with E-state index in [9.17, 15) is 0 Å². The van der Waals surface area contributed by atoms with E-state index in [4.69, 9.17) is 0 Å². The molecule has 2 heterocycles. The molecule has 0 aromatic carbocycles. The van der Waals surface area contributed by atoms with E-state index < -0.39 is 0 Å². The van der Waals surface area contributed by atoms with Crippen molar-refractivity contribution < 1.29 is 0 Å². The van der Waals surface area contributed by atoms with Crippen molar-refractivity contribution in [1.82, 2.24) is 15.1 Å². The summed E-state index contributed by atoms with van der Waals surface area (Å²) in [6, 6.07) is 0. The van der Waals surface area contributed by atoms with Gasteiger partial charge in [0.25, 0.3) is 0 Å². The summed E-state index contributed by atoms with van der Waals surface area (Å²) in [5.74, 6) is 0.771. The molecule has 72 valence electrons. The lowest BCUT2D eigenvalue weighted by Gasteiger charge is -2.22. The Kier molecular flexibility index (Phi) is 2.64. The molecule has 3 heteroatoms. The van der Waals surface area contributed by atoms with Crippen LogP contribution in [0, 0.1) is 12.8 Å². The summed E-state index contributed by atoms with van der Waals surface area (Å²) in [7, 11) is 0. The predicted molar refractivity (Wildman–Crippen MR) is 52.6 cm³/mol. The van der Waals surface area contributed by atoms with E-state index in [1.54, 1.807) is 0 Å². The fourth-order valence-electron chi connectivity index (χ4n) is 1.91. The number of piperidine rings is 1. The van der Waals surface area contributed by atoms with Gasteiger partial charge in [-0.2, -0.15) is 5.10 Å². The smallest absolute Gasteiger partial charge is 0.0518 e. The summed E-state index contributed by atoms with van der Waals surface area (Å²) < 4.78 is 2.06. The van der Waals surface area contributed by atoms with Gasteiger partial charge in [-0.3, -0.25) is 4.68 Å². The molecule has 1 aliphatic rings. The van der Waals surface area contributed by atoms with Crippen molar-refractivity contribution in [3.63, 3.8) is 0 Å². The maximum atomic E-state index is 4.30. The monoisotopic (exact) mass is 179 g/mol. The molecule has 0 bridgehead atoms. The molecular weight excluding hydrogens is 162 g/mol. The SMILES string of the molecule is Cc1cnn(C[C@@H]2CCCNC2)c1. The number of hydrogen-bond acceptors (Lipinski definition) is 2. The summed E-state index contributed by atoms with van der Waals surface area (Å²) in [5.41, 5.74) is 1.25. The Bertz CT molecular complexity index is 261. The van der Waals surface area contributed by atoms with Crippen molar-refractivity contribution in [1.29, 1.82) is 0 Å². The van der Waals surface area contributed by atoms with Gasteiger partial charge < -0.3 is 5.32 Å². The first kappa shape index (κ1) is 8.75. The quantitative estimate of drug-likeness (QED) is 0.739. The average Bonchev–Trinajstić information content (AvgIpc) is 2.53. The largest absolute Gasteiger partial charge is 0.316 e. The minimum absolute atomic E-state index is 0.771. The average molecular weight is 179 g/mol. The highest BCUT2D eigenvalue weighted by atomic mass is 15.3. The maximum Gasteiger partial charge on any atom is 0.0518 e. The van der Waals surface area contributed by atoms with E-state index in [0.717, 1.165) is 19.0 Å². The Morgan fingerprint density at radius 3 is 3.23 bits per heavy atom. The van der Waals surface area contributed by atoms with Gasteiger partial charge in [-0.05, 0) is 44.3 Å². The Morgan fingerprint density at radius 2 is 2.62 bits per heavy atom. The van der Waals surface area contributed by atoms with Crippen molar-refractivity contribution in [2.75, 3.05) is 13.1 Å². The summed E-state index contributed by atoms with van der Waals surface area (Å²) in [4.78, 5) is 0. The van der Waals surface area contributed by atoms with Crippen LogP contribution in [0.25, 0.3) is 0 Å². The van der Waals surface area contributed by atoms with E-state index in [-0.39, 0.29) is 0 Å². The highest BCUT2D eigenvalue weighted by Gasteiger charge is 2.13. The Morgan fingerprint density at radius 1 is 1.69 bits per heavy atom. The van der Waals surface area contributed by atoms with E-state index >= 15 is 0 Å². The molecule has 1 saturated heterocycles. The van der Waals surface area contributed by atoms with Gasteiger partial charge in [0.15, 0.2) is 0 Å². The predicted octanol–water partition coefficient (Wildman–Crippen LogP) is 1.19. The Hall–Kier alpha value is -0.830. The van der Waals surface area contributed by atoms with Crippen LogP contribution >= 0.6 is 0 Å². The molecule has 1 N–H and O–H groups in total. The van der Waals surface area contributed by atoms with Crippen LogP contribution in [0.4, 0.5) is 0 Å². The van der Waals surface area contributed by atoms with Gasteiger partial charge in [0.2, 0.25) is 0 Å². The van der Waals surface area contributed by atoms with Crippen LogP contribution in [0.2, 0.25) is 0 Å². The van der Waals surface area contributed by atoms with Crippen molar-refractivity contribution in [3.8, 4) is 0 Å². The first-order valence-corrected chi connectivity index (χ1v) is 5.04. The summed E-state index contributed by atoms with van der Waals surface area (Å²) in [6.45, 7) is 5.50. The fraction of sp³-hybridized carbons (Fsp3) is 0.700. The Labute approximate surface area is 79.1 Å². The van der Waals surface area contributed by atoms with Crippen LogP contribution in [-0.4, -0.2) is 22.9 Å². The van der Waals surface area contributed by atoms with E-state index in [1.165, 1.54) is 24.9 Å². The van der Waals surface area contributed by atoms with Crippen molar-refractivity contribution in [3.05, 3.63) is 18.0 Å². The van der Waals surface area contributed by atoms with Crippen molar-refractivity contribution >= 4 is 0 Å². The van der Waals surface area contributed by atoms with Crippen LogP contribution in [0.1, 0.15) is 18.4 Å². The zero-order chi connectivity index (χ0) is 9.10. The maximum absolute atomic E-state index is 4.30. The zero-order valence-electron chi connectivity index (χ0n) is 8.16. The molecule has 0 radical (unpaired) electrons. The van der Waals surface area contributed by atoms with Crippen molar-refractivity contribution in [2.24, 2.45) is 5.92 Å². The lowest BCUT2D eigenvalue weighted by Crippen LogP contribution is -2.32. The minimum atomic E-state index is 0.771. The second-order valence-electron chi connectivity index (χ2n) is 3.95. The van der Waals surface area contributed by atoms with Crippen molar-refractivity contribution in [2.45, 2.75) is 26.3 Å². The molecule has 1 fully saturated rings. The Balaban J connectivity index is 1.89. The van der Waals surface area contributed by atoms with Gasteiger partial charge in [-0.25, -0.2) is 0 Å². The normalized spacial score (nSPS) is 23.3. The second-order valence-corrected chi connectivity index (χ2v) is 3.95. The molecule has 1 aromatic heterocycles. The highest BCUT2D eigenvalue weighted by Crippen LogP contribution is 2.12. The number of aromatic nitrogens is 2. The van der Waals surface area contributed by atoms with Gasteiger partial charge in [0, 0.05) is 12.7 Å². The standard InChI is InChI=1S/C10H17N3/c1-9-5-12-13(7-9)8-10-3-2-4-11-6-10/h5,7,10-11H,2-4,6,8H2,1H3/t10-/m1/s1. The summed E-state index contributed by atoms with van der Waals surface area (Å²) in [6.07, 6.45) is 6.70. The van der Waals surface area contributed by atoms with E-state index in [0.29, 0.717) is 0 Å². The molecule has 0 aliphatic carbocycles. The molecule has 13 heavy (non-hydrogen) atoms. The highest BCUT2D eigenvalue weighted by molar-refractivity contribution is 4.99. The molecule has 0 amide bonds. The van der Waals surface area contributed by atoms with Crippen LogP contribution < -0.4 is 5.32 Å². The summed E-state index contributed by atoms with van der Waals surface area (Å²) in [5, 5.41) is 7.72. The lowest BCUT2D eigenvalue weighted by molar-refractivity contribution is 0.325. The minimum Gasteiger partial charge on any atom is -0.316 e. The molecule has 0 spiro atoms. The van der Waals surface area contributed by atoms with E-state index in [2.05, 4.69) is 28.2 Å². The number of rotatable bonds is 2. The van der Waals surface area contributed by atoms with Gasteiger partial charge in [-0.1, -0.05) is 0 Å². The third kappa shape index (κ3) is 2.31. The molecule has 1 aliphatic heterocycles. The third-order valence-electron chi connectivity index (χ3n) is 2.61. The molecule has 1 atom stereocenters. The van der Waals surface area contributed by atoms with Gasteiger partial charge in [-0.15, -0.1) is 0 Å². The molecule has 0 unspecified atom stereocenters. The van der Waals surface area contributed by atoms with Crippen LogP contribution in [0.15, 0.2) is 12.4 Å². The molecule has 1 aromatic rings. The summed E-state index contributed by atoms with van der Waals surface area (Å²) >= 11 is 0. The molecule has 0 saturated carbocycles. The topological polar surface area (TPSA) is 29.9 Å². The second kappa shape index (κ2) is 3.92. The van der Waals surface area contributed by atoms with Gasteiger partial charge in [0.1, 0.15) is 0 Å². The number of nitrogens with one attached hydrogen (secondary N) is 1. The van der Waals surface area contributed by atoms with Gasteiger partial charge >= 0.3 is 0 Å². The number of aryl methyl sites for hydroxylation is 1. The first-order valence-electron chi connectivity index (χ1n) is 5.04. The zero-order valence-corrected chi connectivity index (χ0v) is 8.16. The first-order chi connectivity index (χ1) is 6.34. The van der Waals surface area contributed by atoms with E-state index in [1.807, 2.05) is 6.20 Å². The third-order valence-corrected chi connectivity index (χ3v) is 2.61. The van der Waals surface area contributed by atoms with Crippen LogP contribution in [-0.2, 0) is 6.54 Å². The lowest BCUT2D eigenvalue weighted by atomic mass is 10.00. The van der Waals surface area contributed by atoms with Gasteiger partial charge in [0.05, 0.1) is 6.20 Å². The van der Waals surface area contributed by atoms with Crippen LogP contribution in [0.3, 0.4) is 0 Å². The number of hydrogen-bond donors (Lipinski definition) is 1. The molecule has 2 rings (SSSR count).